The van der Waals surface area contributed by atoms with Gasteiger partial charge in [0.25, 0.3) is 0 Å². The minimum Gasteiger partial charge on any atom is -0.327 e. The summed E-state index contributed by atoms with van der Waals surface area (Å²) in [5.41, 5.74) is 6.46. The van der Waals surface area contributed by atoms with Gasteiger partial charge in [-0.2, -0.15) is 0 Å². The summed E-state index contributed by atoms with van der Waals surface area (Å²) in [7, 11) is 0. The molecule has 1 heterocycles. The van der Waals surface area contributed by atoms with Gasteiger partial charge in [0.1, 0.15) is 0 Å². The van der Waals surface area contributed by atoms with Crippen molar-refractivity contribution >= 4 is 11.8 Å². The van der Waals surface area contributed by atoms with E-state index >= 15 is 0 Å². The lowest BCUT2D eigenvalue weighted by Crippen LogP contribution is -2.14. The van der Waals surface area contributed by atoms with Crippen molar-refractivity contribution < 1.29 is 0 Å². The topological polar surface area (TPSA) is 26.0 Å². The first-order valence-corrected chi connectivity index (χ1v) is 3.48. The molecule has 44 valence electrons. The van der Waals surface area contributed by atoms with E-state index in [1.165, 1.54) is 0 Å². The lowest BCUT2D eigenvalue weighted by atomic mass is 10.2. The maximum absolute atomic E-state index is 5.34. The van der Waals surface area contributed by atoms with Gasteiger partial charge in [0.2, 0.25) is 0 Å². The van der Waals surface area contributed by atoms with Crippen molar-refractivity contribution in [2.45, 2.75) is 5.25 Å². The van der Waals surface area contributed by atoms with Gasteiger partial charge in [-0.25, -0.2) is 0 Å². The van der Waals surface area contributed by atoms with Crippen LogP contribution in [0.25, 0.3) is 0 Å². The predicted molar refractivity (Wildman–Crippen MR) is 38.7 cm³/mol. The predicted octanol–water partition coefficient (Wildman–Crippen LogP) is 1.13. The molecule has 1 rings (SSSR count). The van der Waals surface area contributed by atoms with Crippen LogP contribution in [0.4, 0.5) is 0 Å². The molecule has 8 heavy (non-hydrogen) atoms. The third-order valence-corrected chi connectivity index (χ3v) is 2.24. The van der Waals surface area contributed by atoms with E-state index < -0.39 is 0 Å². The molecular formula is C6H9NS. The Hall–Kier alpha value is -0.210. The zero-order chi connectivity index (χ0) is 5.98. The molecule has 2 heteroatoms. The van der Waals surface area contributed by atoms with Crippen molar-refractivity contribution in [3.63, 3.8) is 0 Å². The Morgan fingerprint density at radius 2 is 2.50 bits per heavy atom. The molecule has 0 aromatic heterocycles. The summed E-state index contributed by atoms with van der Waals surface area (Å²) >= 11 is 1.78. The smallest absolute Gasteiger partial charge is 0.0495 e. The second-order valence-corrected chi connectivity index (χ2v) is 2.80. The fourth-order valence-electron chi connectivity index (χ4n) is 0.506. The largest absolute Gasteiger partial charge is 0.327 e. The molecule has 0 radical (unpaired) electrons. The number of rotatable bonds is 2. The van der Waals surface area contributed by atoms with Gasteiger partial charge in [-0.15, -0.1) is 11.8 Å². The van der Waals surface area contributed by atoms with Crippen LogP contribution < -0.4 is 5.73 Å². The summed E-state index contributed by atoms with van der Waals surface area (Å²) in [5.74, 6) is 0. The van der Waals surface area contributed by atoms with E-state index in [-0.39, 0.29) is 0 Å². The lowest BCUT2D eigenvalue weighted by molar-refractivity contribution is 1.08. The quantitative estimate of drug-likeness (QED) is 0.563. The number of hydrogen-bond acceptors (Lipinski definition) is 2. The van der Waals surface area contributed by atoms with Crippen molar-refractivity contribution in [1.82, 2.24) is 0 Å². The monoisotopic (exact) mass is 127 g/mol. The van der Waals surface area contributed by atoms with Crippen molar-refractivity contribution in [3.8, 4) is 0 Å². The highest BCUT2D eigenvalue weighted by Crippen LogP contribution is 2.28. The average Bonchev–Trinajstić information content (AvgIpc) is 1.62. The van der Waals surface area contributed by atoms with Gasteiger partial charge in [-0.3, -0.25) is 0 Å². The maximum atomic E-state index is 5.34. The Morgan fingerprint density at radius 1 is 1.88 bits per heavy atom. The highest BCUT2D eigenvalue weighted by atomic mass is 32.2. The van der Waals surface area contributed by atoms with Gasteiger partial charge >= 0.3 is 0 Å². The highest BCUT2D eigenvalue weighted by molar-refractivity contribution is 8.04. The SMILES string of the molecule is C=C(CN)C1C=CS1. The molecule has 0 fully saturated rings. The van der Waals surface area contributed by atoms with Crippen LogP contribution >= 0.6 is 11.8 Å². The third kappa shape index (κ3) is 0.956. The Labute approximate surface area is 53.6 Å². The molecule has 0 saturated carbocycles. The van der Waals surface area contributed by atoms with Gasteiger partial charge in [0, 0.05) is 11.8 Å². The van der Waals surface area contributed by atoms with Crippen LogP contribution in [0, 0.1) is 0 Å². The van der Waals surface area contributed by atoms with E-state index in [1.807, 2.05) is 0 Å². The Morgan fingerprint density at radius 3 is 2.62 bits per heavy atom. The van der Waals surface area contributed by atoms with E-state index in [0.717, 1.165) is 5.57 Å². The third-order valence-electron chi connectivity index (χ3n) is 1.14. The molecule has 1 nitrogen and oxygen atoms in total. The molecule has 0 aromatic rings. The zero-order valence-corrected chi connectivity index (χ0v) is 5.45. The molecule has 1 atom stereocenters. The van der Waals surface area contributed by atoms with Crippen LogP contribution in [0.2, 0.25) is 0 Å². The van der Waals surface area contributed by atoms with Gasteiger partial charge in [0.05, 0.1) is 0 Å². The average molecular weight is 127 g/mol. The molecule has 1 unspecified atom stereocenters. The first-order valence-electron chi connectivity index (χ1n) is 2.54. The van der Waals surface area contributed by atoms with Gasteiger partial charge in [-0.1, -0.05) is 12.7 Å². The van der Waals surface area contributed by atoms with Crippen molar-refractivity contribution in [2.75, 3.05) is 6.54 Å². The molecule has 0 spiro atoms. The van der Waals surface area contributed by atoms with E-state index in [1.54, 1.807) is 11.8 Å². The minimum absolute atomic E-state index is 0.514. The lowest BCUT2D eigenvalue weighted by Gasteiger charge is -2.17. The van der Waals surface area contributed by atoms with Gasteiger partial charge < -0.3 is 5.73 Å². The maximum Gasteiger partial charge on any atom is 0.0495 e. The van der Waals surface area contributed by atoms with Crippen LogP contribution in [0.1, 0.15) is 0 Å². The summed E-state index contributed by atoms with van der Waals surface area (Å²) in [5, 5.41) is 2.57. The number of thioether (sulfide) groups is 1. The van der Waals surface area contributed by atoms with Crippen LogP contribution in [0.15, 0.2) is 23.6 Å². The summed E-state index contributed by atoms with van der Waals surface area (Å²) in [6.07, 6.45) is 2.11. The van der Waals surface area contributed by atoms with E-state index in [4.69, 9.17) is 5.73 Å². The molecule has 0 aliphatic carbocycles. The van der Waals surface area contributed by atoms with Crippen molar-refractivity contribution in [2.24, 2.45) is 5.73 Å². The standard InChI is InChI=1S/C6H9NS/c1-5(4-7)6-2-3-8-6/h2-3,6H,1,4,7H2. The summed E-state index contributed by atoms with van der Waals surface area (Å²) in [6, 6.07) is 0. The Bertz CT molecular complexity index is 128. The molecule has 0 aromatic carbocycles. The van der Waals surface area contributed by atoms with E-state index in [2.05, 4.69) is 18.1 Å². The summed E-state index contributed by atoms with van der Waals surface area (Å²) in [4.78, 5) is 0. The van der Waals surface area contributed by atoms with Crippen LogP contribution in [0.5, 0.6) is 0 Å². The van der Waals surface area contributed by atoms with Crippen LogP contribution in [0.3, 0.4) is 0 Å². The van der Waals surface area contributed by atoms with E-state index in [9.17, 15) is 0 Å². The van der Waals surface area contributed by atoms with Crippen LogP contribution in [-0.4, -0.2) is 11.8 Å². The van der Waals surface area contributed by atoms with Gasteiger partial charge in [-0.05, 0) is 11.0 Å². The Kier molecular flexibility index (Phi) is 1.76. The molecule has 0 bridgehead atoms. The molecule has 1 aliphatic rings. The van der Waals surface area contributed by atoms with Crippen LogP contribution in [-0.2, 0) is 0 Å². The fourth-order valence-corrected chi connectivity index (χ4v) is 1.11. The molecule has 0 amide bonds. The summed E-state index contributed by atoms with van der Waals surface area (Å²) < 4.78 is 0. The van der Waals surface area contributed by atoms with E-state index in [0.29, 0.717) is 11.8 Å². The highest BCUT2D eigenvalue weighted by Gasteiger charge is 2.12. The first kappa shape index (κ1) is 5.92. The number of nitrogens with two attached hydrogens (primary N) is 1. The fraction of sp³-hybridized carbons (Fsp3) is 0.333. The molecule has 0 saturated heterocycles. The van der Waals surface area contributed by atoms with Crippen molar-refractivity contribution in [3.05, 3.63) is 23.6 Å². The summed E-state index contributed by atoms with van der Waals surface area (Å²) in [6.45, 7) is 4.41. The Balaban J connectivity index is 2.36. The second-order valence-electron chi connectivity index (χ2n) is 1.75. The first-order chi connectivity index (χ1) is 3.84. The van der Waals surface area contributed by atoms with Crippen molar-refractivity contribution in [1.29, 1.82) is 0 Å². The molecule has 2 N–H and O–H groups in total. The molecular weight excluding hydrogens is 118 g/mol. The molecule has 1 aliphatic heterocycles. The second kappa shape index (κ2) is 2.37. The normalized spacial score (nSPS) is 24.9. The van der Waals surface area contributed by atoms with Gasteiger partial charge in [0.15, 0.2) is 0 Å². The number of hydrogen-bond donors (Lipinski definition) is 1. The zero-order valence-electron chi connectivity index (χ0n) is 4.63. The minimum atomic E-state index is 0.514.